The zero-order chi connectivity index (χ0) is 17.8. The van der Waals surface area contributed by atoms with Crippen molar-refractivity contribution in [1.82, 2.24) is 20.3 Å². The van der Waals surface area contributed by atoms with Crippen LogP contribution in [0.15, 0.2) is 30.7 Å². The van der Waals surface area contributed by atoms with E-state index in [9.17, 15) is 9.90 Å². The second-order valence-corrected chi connectivity index (χ2v) is 6.02. The third-order valence-corrected chi connectivity index (χ3v) is 4.37. The third-order valence-electron chi connectivity index (χ3n) is 4.37. The molecule has 0 saturated heterocycles. The summed E-state index contributed by atoms with van der Waals surface area (Å²) < 4.78 is 5.08. The van der Waals surface area contributed by atoms with Crippen LogP contribution in [0.3, 0.4) is 0 Å². The summed E-state index contributed by atoms with van der Waals surface area (Å²) >= 11 is 0. The molecular formula is C17H21N5O3. The molecule has 2 aromatic rings. The molecule has 0 spiro atoms. The molecule has 132 valence electrons. The van der Waals surface area contributed by atoms with Crippen molar-refractivity contribution in [3.63, 3.8) is 0 Å². The first-order valence-corrected chi connectivity index (χ1v) is 8.09. The first kappa shape index (κ1) is 17.1. The van der Waals surface area contributed by atoms with E-state index in [1.165, 1.54) is 12.4 Å². The van der Waals surface area contributed by atoms with Crippen molar-refractivity contribution < 1.29 is 14.6 Å². The minimum atomic E-state index is -0.311. The molecule has 1 aliphatic rings. The number of pyridine rings is 1. The molecule has 1 atom stereocenters. The molecule has 0 unspecified atom stereocenters. The summed E-state index contributed by atoms with van der Waals surface area (Å²) in [7, 11) is 3.27. The van der Waals surface area contributed by atoms with Crippen LogP contribution in [-0.4, -0.2) is 46.2 Å². The number of amides is 1. The normalized spacial score (nSPS) is 20.3. The fourth-order valence-electron chi connectivity index (χ4n) is 2.87. The van der Waals surface area contributed by atoms with Crippen LogP contribution in [-0.2, 0) is 0 Å². The first-order chi connectivity index (χ1) is 12.1. The Morgan fingerprint density at radius 1 is 1.24 bits per heavy atom. The highest BCUT2D eigenvalue weighted by molar-refractivity contribution is 5.94. The van der Waals surface area contributed by atoms with Gasteiger partial charge in [-0.15, -0.1) is 0 Å². The molecule has 8 heteroatoms. The lowest BCUT2D eigenvalue weighted by Crippen LogP contribution is -2.41. The minimum Gasteiger partial charge on any atom is -0.481 e. The highest BCUT2D eigenvalue weighted by atomic mass is 16.5. The topological polar surface area (TPSA) is 109 Å². The van der Waals surface area contributed by atoms with Gasteiger partial charge in [-0.1, -0.05) is 6.07 Å². The summed E-state index contributed by atoms with van der Waals surface area (Å²) in [5.41, 5.74) is 1.25. The number of ether oxygens (including phenoxy) is 1. The van der Waals surface area contributed by atoms with E-state index in [4.69, 9.17) is 4.74 Å². The molecule has 3 N–H and O–H groups in total. The van der Waals surface area contributed by atoms with Crippen LogP contribution in [0, 0.1) is 5.92 Å². The fourth-order valence-corrected chi connectivity index (χ4v) is 2.87. The highest BCUT2D eigenvalue weighted by Gasteiger charge is 2.36. The van der Waals surface area contributed by atoms with Gasteiger partial charge in [0.15, 0.2) is 0 Å². The SMILES string of the molecule is CNc1ncc(C(=O)N[C@@H](c2ccc(OC)nc2)C2CC(O)C2)cn1. The Morgan fingerprint density at radius 3 is 2.48 bits per heavy atom. The maximum atomic E-state index is 12.6. The summed E-state index contributed by atoms with van der Waals surface area (Å²) in [4.78, 5) is 24.9. The lowest BCUT2D eigenvalue weighted by Gasteiger charge is -2.38. The molecular weight excluding hydrogens is 322 g/mol. The van der Waals surface area contributed by atoms with E-state index in [-0.39, 0.29) is 24.0 Å². The van der Waals surface area contributed by atoms with Gasteiger partial charge in [0.05, 0.1) is 24.8 Å². The van der Waals surface area contributed by atoms with Crippen molar-refractivity contribution in [2.75, 3.05) is 19.5 Å². The molecule has 0 radical (unpaired) electrons. The van der Waals surface area contributed by atoms with E-state index in [1.54, 1.807) is 26.4 Å². The van der Waals surface area contributed by atoms with Crippen LogP contribution in [0.4, 0.5) is 5.95 Å². The number of methoxy groups -OCH3 is 1. The van der Waals surface area contributed by atoms with Gasteiger partial charge in [-0.25, -0.2) is 15.0 Å². The molecule has 0 aromatic carbocycles. The number of hydrogen-bond acceptors (Lipinski definition) is 7. The van der Waals surface area contributed by atoms with Gasteiger partial charge in [0.1, 0.15) is 0 Å². The molecule has 25 heavy (non-hydrogen) atoms. The molecule has 0 aliphatic heterocycles. The number of aliphatic hydroxyl groups is 1. The van der Waals surface area contributed by atoms with Gasteiger partial charge >= 0.3 is 0 Å². The van der Waals surface area contributed by atoms with Crippen molar-refractivity contribution in [1.29, 1.82) is 0 Å². The van der Waals surface area contributed by atoms with Crippen molar-refractivity contribution in [2.24, 2.45) is 5.92 Å². The molecule has 0 bridgehead atoms. The predicted octanol–water partition coefficient (Wildman–Crippen LogP) is 1.16. The Bertz CT molecular complexity index is 714. The Labute approximate surface area is 145 Å². The minimum absolute atomic E-state index is 0.159. The number of aliphatic hydroxyl groups excluding tert-OH is 1. The summed E-state index contributed by atoms with van der Waals surface area (Å²) in [6.45, 7) is 0. The Hall–Kier alpha value is -2.74. The van der Waals surface area contributed by atoms with E-state index in [0.29, 0.717) is 30.2 Å². The molecule has 1 fully saturated rings. The fraction of sp³-hybridized carbons (Fsp3) is 0.412. The van der Waals surface area contributed by atoms with Crippen molar-refractivity contribution in [3.8, 4) is 5.88 Å². The quantitative estimate of drug-likeness (QED) is 0.722. The largest absolute Gasteiger partial charge is 0.481 e. The number of carbonyl (C=O) groups excluding carboxylic acids is 1. The van der Waals surface area contributed by atoms with Gasteiger partial charge < -0.3 is 20.5 Å². The van der Waals surface area contributed by atoms with Gasteiger partial charge in [-0.2, -0.15) is 0 Å². The standard InChI is InChI=1S/C17H21N5O3/c1-18-17-20-8-12(9-21-17)16(24)22-15(11-5-13(23)6-11)10-3-4-14(25-2)19-7-10/h3-4,7-9,11,13,15,23H,5-6H2,1-2H3,(H,22,24)(H,18,20,21)/t11?,13?,15-/m0/s1. The number of carbonyl (C=O) groups is 1. The zero-order valence-electron chi connectivity index (χ0n) is 14.1. The number of anilines is 1. The Balaban J connectivity index is 1.77. The van der Waals surface area contributed by atoms with Crippen molar-refractivity contribution >= 4 is 11.9 Å². The molecule has 3 rings (SSSR count). The van der Waals surface area contributed by atoms with Gasteiger partial charge in [0.25, 0.3) is 5.91 Å². The van der Waals surface area contributed by atoms with Gasteiger partial charge in [-0.3, -0.25) is 4.79 Å². The lowest BCUT2D eigenvalue weighted by molar-refractivity contribution is 0.0234. The smallest absolute Gasteiger partial charge is 0.254 e. The molecule has 8 nitrogen and oxygen atoms in total. The average Bonchev–Trinajstić information content (AvgIpc) is 2.64. The van der Waals surface area contributed by atoms with E-state index in [2.05, 4.69) is 25.6 Å². The van der Waals surface area contributed by atoms with Crippen LogP contribution < -0.4 is 15.4 Å². The Morgan fingerprint density at radius 2 is 1.96 bits per heavy atom. The average molecular weight is 343 g/mol. The monoisotopic (exact) mass is 343 g/mol. The molecule has 2 aromatic heterocycles. The van der Waals surface area contributed by atoms with Crippen molar-refractivity contribution in [3.05, 3.63) is 41.9 Å². The molecule has 1 amide bonds. The second-order valence-electron chi connectivity index (χ2n) is 6.02. The number of rotatable bonds is 6. The predicted molar refractivity (Wildman–Crippen MR) is 91.3 cm³/mol. The zero-order valence-corrected chi connectivity index (χ0v) is 14.1. The number of hydrogen-bond donors (Lipinski definition) is 3. The second kappa shape index (κ2) is 7.43. The van der Waals surface area contributed by atoms with Gasteiger partial charge in [0.2, 0.25) is 11.8 Å². The number of aromatic nitrogens is 3. The van der Waals surface area contributed by atoms with E-state index >= 15 is 0 Å². The molecule has 2 heterocycles. The van der Waals surface area contributed by atoms with Crippen LogP contribution in [0.1, 0.15) is 34.8 Å². The van der Waals surface area contributed by atoms with E-state index in [0.717, 1.165) is 5.56 Å². The van der Waals surface area contributed by atoms with Gasteiger partial charge in [-0.05, 0) is 24.3 Å². The molecule has 1 saturated carbocycles. The third kappa shape index (κ3) is 3.85. The van der Waals surface area contributed by atoms with E-state index < -0.39 is 0 Å². The summed E-state index contributed by atoms with van der Waals surface area (Å²) in [5, 5.41) is 15.5. The van der Waals surface area contributed by atoms with Crippen LogP contribution >= 0.6 is 0 Å². The first-order valence-electron chi connectivity index (χ1n) is 8.09. The summed E-state index contributed by atoms with van der Waals surface area (Å²) in [6, 6.07) is 3.40. The van der Waals surface area contributed by atoms with Crippen LogP contribution in [0.25, 0.3) is 0 Å². The summed E-state index contributed by atoms with van der Waals surface area (Å²) in [5.74, 6) is 0.865. The maximum Gasteiger partial charge on any atom is 0.254 e. The summed E-state index contributed by atoms with van der Waals surface area (Å²) in [6.07, 6.45) is 5.63. The highest BCUT2D eigenvalue weighted by Crippen LogP contribution is 2.38. The van der Waals surface area contributed by atoms with Gasteiger partial charge in [0, 0.05) is 31.7 Å². The van der Waals surface area contributed by atoms with E-state index in [1.807, 2.05) is 6.07 Å². The Kier molecular flexibility index (Phi) is 5.08. The number of nitrogens with one attached hydrogen (secondary N) is 2. The van der Waals surface area contributed by atoms with Crippen molar-refractivity contribution in [2.45, 2.75) is 25.0 Å². The van der Waals surface area contributed by atoms with Crippen LogP contribution in [0.5, 0.6) is 5.88 Å². The van der Waals surface area contributed by atoms with Crippen LogP contribution in [0.2, 0.25) is 0 Å². The number of nitrogens with zero attached hydrogens (tertiary/aromatic N) is 3. The maximum absolute atomic E-state index is 12.6. The molecule has 1 aliphatic carbocycles. The lowest BCUT2D eigenvalue weighted by atomic mass is 9.75.